The van der Waals surface area contributed by atoms with Gasteiger partial charge in [-0.3, -0.25) is 4.79 Å². The molecule has 0 unspecified atom stereocenters. The molecule has 0 aliphatic carbocycles. The standard InChI is InChI=1S/C28H39N5O5/c1-18(2)29-28(37)32(5)16-25-19(3)15-33(20(4)17-34)26(35)14-21-13-23(11-12-24(21)38-25)31-27(36)30-22-9-7-6-8-10-22/h6-13,18-20,25,34H,14-17H2,1-5H3,(H,29,37)(H2,30,31,36)/t19-,20-,25+/m1/s1. The number of aliphatic hydroxyl groups excluding tert-OH is 1. The number of carbonyl (C=O) groups is 3. The van der Waals surface area contributed by atoms with Crippen molar-refractivity contribution >= 4 is 29.3 Å². The van der Waals surface area contributed by atoms with Crippen LogP contribution in [-0.2, 0) is 11.2 Å². The van der Waals surface area contributed by atoms with Crippen molar-refractivity contribution in [2.75, 3.05) is 37.4 Å². The third kappa shape index (κ3) is 7.85. The van der Waals surface area contributed by atoms with Gasteiger partial charge in [-0.2, -0.15) is 0 Å². The van der Waals surface area contributed by atoms with E-state index in [9.17, 15) is 19.5 Å². The minimum atomic E-state index is -0.420. The summed E-state index contributed by atoms with van der Waals surface area (Å²) in [6, 6.07) is 13.3. The second-order valence-electron chi connectivity index (χ2n) is 10.1. The number of para-hydroxylation sites is 1. The molecule has 0 saturated carbocycles. The van der Waals surface area contributed by atoms with Crippen LogP contribution in [0, 0.1) is 5.92 Å². The van der Waals surface area contributed by atoms with Crippen LogP contribution in [0.2, 0.25) is 0 Å². The van der Waals surface area contributed by atoms with Gasteiger partial charge in [-0.1, -0.05) is 25.1 Å². The van der Waals surface area contributed by atoms with Crippen molar-refractivity contribution in [3.8, 4) is 5.75 Å². The molecule has 4 N–H and O–H groups in total. The molecule has 3 rings (SSSR count). The zero-order chi connectivity index (χ0) is 27.8. The van der Waals surface area contributed by atoms with Gasteiger partial charge in [0.15, 0.2) is 0 Å². The number of carbonyl (C=O) groups excluding carboxylic acids is 3. The van der Waals surface area contributed by atoms with E-state index in [-0.39, 0.29) is 43.0 Å². The number of amides is 5. The van der Waals surface area contributed by atoms with E-state index in [2.05, 4.69) is 16.0 Å². The highest BCUT2D eigenvalue weighted by Gasteiger charge is 2.32. The highest BCUT2D eigenvalue weighted by Crippen LogP contribution is 2.29. The number of benzene rings is 2. The first-order chi connectivity index (χ1) is 18.1. The Balaban J connectivity index is 1.87. The molecule has 0 fully saturated rings. The topological polar surface area (TPSA) is 123 Å². The SMILES string of the molecule is CC(C)NC(=O)N(C)C[C@@H]1Oc2ccc(NC(=O)Nc3ccccc3)cc2CC(=O)N([C@H](C)CO)C[C@H]1C. The van der Waals surface area contributed by atoms with Crippen molar-refractivity contribution in [2.45, 2.75) is 52.3 Å². The Labute approximate surface area is 224 Å². The van der Waals surface area contributed by atoms with Crippen molar-refractivity contribution in [2.24, 2.45) is 5.92 Å². The first-order valence-corrected chi connectivity index (χ1v) is 12.9. The van der Waals surface area contributed by atoms with Crippen LogP contribution >= 0.6 is 0 Å². The van der Waals surface area contributed by atoms with Crippen LogP contribution in [0.25, 0.3) is 0 Å². The van der Waals surface area contributed by atoms with E-state index in [1.165, 1.54) is 0 Å². The lowest BCUT2D eigenvalue weighted by molar-refractivity contribution is -0.134. The van der Waals surface area contributed by atoms with Gasteiger partial charge >= 0.3 is 12.1 Å². The summed E-state index contributed by atoms with van der Waals surface area (Å²) in [6.07, 6.45) is -0.380. The molecule has 2 aromatic rings. The maximum absolute atomic E-state index is 13.3. The average Bonchev–Trinajstić information content (AvgIpc) is 2.91. The Morgan fingerprint density at radius 1 is 1.11 bits per heavy atom. The number of anilines is 2. The van der Waals surface area contributed by atoms with Gasteiger partial charge in [0.1, 0.15) is 11.9 Å². The molecule has 10 nitrogen and oxygen atoms in total. The number of urea groups is 2. The van der Waals surface area contributed by atoms with E-state index < -0.39 is 12.1 Å². The van der Waals surface area contributed by atoms with Crippen LogP contribution < -0.4 is 20.7 Å². The Bertz CT molecular complexity index is 1110. The Morgan fingerprint density at radius 2 is 1.79 bits per heavy atom. The number of hydrogen-bond acceptors (Lipinski definition) is 5. The average molecular weight is 526 g/mol. The van der Waals surface area contributed by atoms with Gasteiger partial charge in [-0.25, -0.2) is 9.59 Å². The number of aliphatic hydroxyl groups is 1. The summed E-state index contributed by atoms with van der Waals surface area (Å²) >= 11 is 0. The van der Waals surface area contributed by atoms with Gasteiger partial charge in [0.25, 0.3) is 0 Å². The summed E-state index contributed by atoms with van der Waals surface area (Å²) in [5, 5.41) is 18.3. The van der Waals surface area contributed by atoms with E-state index >= 15 is 0 Å². The van der Waals surface area contributed by atoms with Crippen LogP contribution in [0.1, 0.15) is 33.3 Å². The van der Waals surface area contributed by atoms with Gasteiger partial charge in [0.05, 0.1) is 25.6 Å². The summed E-state index contributed by atoms with van der Waals surface area (Å²) in [7, 11) is 1.71. The minimum Gasteiger partial charge on any atom is -0.488 e. The predicted octanol–water partition coefficient (Wildman–Crippen LogP) is 3.53. The maximum atomic E-state index is 13.3. The molecule has 0 bridgehead atoms. The lowest BCUT2D eigenvalue weighted by atomic mass is 10.0. The van der Waals surface area contributed by atoms with Gasteiger partial charge < -0.3 is 35.6 Å². The molecule has 0 spiro atoms. The fourth-order valence-corrected chi connectivity index (χ4v) is 4.25. The monoisotopic (exact) mass is 525 g/mol. The van der Waals surface area contributed by atoms with Crippen molar-refractivity contribution in [3.63, 3.8) is 0 Å². The molecule has 0 saturated heterocycles. The van der Waals surface area contributed by atoms with Crippen LogP contribution in [0.3, 0.4) is 0 Å². The largest absolute Gasteiger partial charge is 0.488 e. The quantitative estimate of drug-likeness (QED) is 0.440. The molecule has 206 valence electrons. The minimum absolute atomic E-state index is 0.00641. The third-order valence-electron chi connectivity index (χ3n) is 6.42. The predicted molar refractivity (Wildman–Crippen MR) is 147 cm³/mol. The Hall–Kier alpha value is -3.79. The molecule has 0 aromatic heterocycles. The smallest absolute Gasteiger partial charge is 0.323 e. The van der Waals surface area contributed by atoms with E-state index in [4.69, 9.17) is 4.74 Å². The first kappa shape index (κ1) is 28.8. The molecule has 1 heterocycles. The van der Waals surface area contributed by atoms with E-state index in [0.29, 0.717) is 35.8 Å². The highest BCUT2D eigenvalue weighted by atomic mass is 16.5. The van der Waals surface area contributed by atoms with Crippen molar-refractivity contribution in [1.29, 1.82) is 0 Å². The zero-order valence-corrected chi connectivity index (χ0v) is 22.7. The van der Waals surface area contributed by atoms with Crippen molar-refractivity contribution in [1.82, 2.24) is 15.1 Å². The van der Waals surface area contributed by atoms with Crippen LogP contribution in [0.15, 0.2) is 48.5 Å². The molecule has 1 aliphatic heterocycles. The van der Waals surface area contributed by atoms with Gasteiger partial charge in [-0.05, 0) is 51.1 Å². The summed E-state index contributed by atoms with van der Waals surface area (Å²) in [5.41, 5.74) is 1.77. The molecule has 38 heavy (non-hydrogen) atoms. The number of hydrogen-bond donors (Lipinski definition) is 4. The van der Waals surface area contributed by atoms with Crippen LogP contribution in [-0.4, -0.2) is 77.8 Å². The summed E-state index contributed by atoms with van der Waals surface area (Å²) < 4.78 is 6.43. The number of likely N-dealkylation sites (N-methyl/N-ethyl adjacent to an activating group) is 1. The van der Waals surface area contributed by atoms with Crippen molar-refractivity contribution < 1.29 is 24.2 Å². The lowest BCUT2D eigenvalue weighted by Crippen LogP contribution is -2.49. The Kier molecular flexibility index (Phi) is 9.95. The molecule has 10 heteroatoms. The first-order valence-electron chi connectivity index (χ1n) is 12.9. The highest BCUT2D eigenvalue weighted by molar-refractivity contribution is 5.99. The van der Waals surface area contributed by atoms with E-state index in [1.807, 2.05) is 39.0 Å². The summed E-state index contributed by atoms with van der Waals surface area (Å²) in [6.45, 7) is 8.05. The number of nitrogens with zero attached hydrogens (tertiary/aromatic N) is 2. The third-order valence-corrected chi connectivity index (χ3v) is 6.42. The van der Waals surface area contributed by atoms with E-state index in [1.54, 1.807) is 54.1 Å². The molecular weight excluding hydrogens is 486 g/mol. The fraction of sp³-hybridized carbons (Fsp3) is 0.464. The van der Waals surface area contributed by atoms with Gasteiger partial charge in [0, 0.05) is 42.5 Å². The number of rotatable bonds is 7. The van der Waals surface area contributed by atoms with Crippen LogP contribution in [0.4, 0.5) is 21.0 Å². The lowest BCUT2D eigenvalue weighted by Gasteiger charge is -2.34. The molecule has 5 amide bonds. The zero-order valence-electron chi connectivity index (χ0n) is 22.7. The number of ether oxygens (including phenoxy) is 1. The Morgan fingerprint density at radius 3 is 2.45 bits per heavy atom. The maximum Gasteiger partial charge on any atom is 0.323 e. The van der Waals surface area contributed by atoms with Crippen molar-refractivity contribution in [3.05, 3.63) is 54.1 Å². The molecule has 1 aliphatic rings. The second-order valence-corrected chi connectivity index (χ2v) is 10.1. The molecule has 0 radical (unpaired) electrons. The molecular formula is C28H39N5O5. The summed E-state index contributed by atoms with van der Waals surface area (Å²) in [4.78, 5) is 41.7. The molecule has 3 atom stereocenters. The molecule has 2 aromatic carbocycles. The van der Waals surface area contributed by atoms with Crippen LogP contribution in [0.5, 0.6) is 5.75 Å². The second kappa shape index (κ2) is 13.1. The van der Waals surface area contributed by atoms with Gasteiger partial charge in [0.2, 0.25) is 5.91 Å². The fourth-order valence-electron chi connectivity index (χ4n) is 4.25. The van der Waals surface area contributed by atoms with E-state index in [0.717, 1.165) is 0 Å². The summed E-state index contributed by atoms with van der Waals surface area (Å²) in [5.74, 6) is 0.226. The van der Waals surface area contributed by atoms with Gasteiger partial charge in [-0.15, -0.1) is 0 Å². The normalized spacial score (nSPS) is 18.3. The number of fused-ring (bicyclic) bond motifs is 1. The number of nitrogens with one attached hydrogen (secondary N) is 3.